The van der Waals surface area contributed by atoms with E-state index in [1.165, 1.54) is 0 Å². The smallest absolute Gasteiger partial charge is 0.329 e. The van der Waals surface area contributed by atoms with Gasteiger partial charge in [0.2, 0.25) is 30.7 Å². The van der Waals surface area contributed by atoms with Crippen LogP contribution < -0.4 is 11.1 Å². The number of hydrogen-bond acceptors (Lipinski definition) is 26. The Balaban J connectivity index is 2.14. The zero-order valence-electron chi connectivity index (χ0n) is 35.5. The Morgan fingerprint density at radius 1 is 0.460 bits per heavy atom. The van der Waals surface area contributed by atoms with Crippen LogP contribution in [-0.4, -0.2) is 164 Å². The summed E-state index contributed by atoms with van der Waals surface area (Å²) < 4.78 is 64.0. The molecule has 2 aliphatic heterocycles. The predicted octanol–water partition coefficient (Wildman–Crippen LogP) is -1.55. The summed E-state index contributed by atoms with van der Waals surface area (Å²) in [6, 6.07) is -2.67. The standard InChI is InChI=1S/C36H50N2O23S2/c1-14(39)38-24(34(49)51-11-26-28(53-16(3)41)30(55-18(5)43)32(57-20(7)45)36(61-26)59-22(9)47)13-63-62-12-23(37)33(48)50-10-25-27(52-15(2)40)29(54-17(4)42)31(56-19(6)44)35(60-25)58-21(8)46/h23-32,35-36H,10-13,37H2,1-9H3,(H,38,39). The summed E-state index contributed by atoms with van der Waals surface area (Å²) in [6.45, 7) is 7.80. The highest BCUT2D eigenvalue weighted by Crippen LogP contribution is 2.32. The van der Waals surface area contributed by atoms with Gasteiger partial charge in [-0.25, -0.2) is 4.79 Å². The number of carbonyl (C=O) groups is 11. The molecule has 12 unspecified atom stereocenters. The number of nitrogens with one attached hydrogen (secondary N) is 1. The van der Waals surface area contributed by atoms with Crippen molar-refractivity contribution in [1.29, 1.82) is 0 Å². The molecule has 0 radical (unpaired) electrons. The maximum absolute atomic E-state index is 13.3. The normalized spacial score (nSPS) is 26.1. The van der Waals surface area contributed by atoms with Gasteiger partial charge >= 0.3 is 59.7 Å². The van der Waals surface area contributed by atoms with Crippen LogP contribution in [-0.2, 0) is 110 Å². The lowest BCUT2D eigenvalue weighted by Crippen LogP contribution is -2.63. The zero-order chi connectivity index (χ0) is 47.7. The van der Waals surface area contributed by atoms with Crippen LogP contribution in [0.5, 0.6) is 0 Å². The van der Waals surface area contributed by atoms with E-state index in [2.05, 4.69) is 5.32 Å². The molecule has 25 nitrogen and oxygen atoms in total. The molecular weight excluding hydrogens is 893 g/mol. The quantitative estimate of drug-likeness (QED) is 0.0604. The average Bonchev–Trinajstić information content (AvgIpc) is 3.14. The molecule has 0 aromatic rings. The first-order chi connectivity index (χ1) is 29.4. The molecule has 2 fully saturated rings. The van der Waals surface area contributed by atoms with Crippen LogP contribution in [0.3, 0.4) is 0 Å². The van der Waals surface area contributed by atoms with E-state index in [0.717, 1.165) is 83.9 Å². The Labute approximate surface area is 367 Å². The van der Waals surface area contributed by atoms with Gasteiger partial charge in [0, 0.05) is 73.8 Å². The first-order valence-electron chi connectivity index (χ1n) is 18.7. The lowest BCUT2D eigenvalue weighted by molar-refractivity contribution is -0.300. The minimum absolute atomic E-state index is 0.149. The number of esters is 10. The summed E-state index contributed by atoms with van der Waals surface area (Å²) in [6.07, 6.45) is -15.9. The van der Waals surface area contributed by atoms with E-state index in [9.17, 15) is 52.7 Å². The molecule has 2 rings (SSSR count). The summed E-state index contributed by atoms with van der Waals surface area (Å²) in [7, 11) is 1.94. The van der Waals surface area contributed by atoms with Crippen LogP contribution in [0.1, 0.15) is 62.3 Å². The fourth-order valence-electron chi connectivity index (χ4n) is 5.75. The van der Waals surface area contributed by atoms with E-state index in [0.29, 0.717) is 0 Å². The van der Waals surface area contributed by atoms with Gasteiger partial charge in [-0.1, -0.05) is 21.6 Å². The van der Waals surface area contributed by atoms with Crippen molar-refractivity contribution in [3.8, 4) is 0 Å². The third-order valence-corrected chi connectivity index (χ3v) is 10.3. The van der Waals surface area contributed by atoms with Crippen molar-refractivity contribution >= 4 is 87.2 Å². The summed E-state index contributed by atoms with van der Waals surface area (Å²) in [5.74, 6) is -10.2. The number of ether oxygens (including phenoxy) is 12. The summed E-state index contributed by atoms with van der Waals surface area (Å²) in [5, 5.41) is 2.41. The molecule has 3 N–H and O–H groups in total. The van der Waals surface area contributed by atoms with E-state index >= 15 is 0 Å². The molecule has 2 heterocycles. The van der Waals surface area contributed by atoms with Gasteiger partial charge in [-0.3, -0.25) is 47.9 Å². The molecule has 0 saturated carbocycles. The molecule has 1 amide bonds. The third-order valence-electron chi connectivity index (χ3n) is 7.87. The molecule has 0 spiro atoms. The van der Waals surface area contributed by atoms with Crippen molar-refractivity contribution in [2.45, 2.75) is 136 Å². The summed E-state index contributed by atoms with van der Waals surface area (Å²) in [4.78, 5) is 134. The van der Waals surface area contributed by atoms with Crippen LogP contribution in [0.25, 0.3) is 0 Å². The Morgan fingerprint density at radius 2 is 0.778 bits per heavy atom. The second-order valence-electron chi connectivity index (χ2n) is 13.4. The van der Waals surface area contributed by atoms with Crippen molar-refractivity contribution in [3.63, 3.8) is 0 Å². The van der Waals surface area contributed by atoms with Crippen molar-refractivity contribution in [2.75, 3.05) is 24.7 Å². The Bertz CT molecular complexity index is 1710. The first kappa shape index (κ1) is 53.9. The molecular formula is C36H50N2O23S2. The van der Waals surface area contributed by atoms with E-state index < -0.39 is 152 Å². The minimum Gasteiger partial charge on any atom is -0.462 e. The summed E-state index contributed by atoms with van der Waals surface area (Å²) >= 11 is 0. The molecule has 0 aromatic heterocycles. The van der Waals surface area contributed by atoms with Crippen molar-refractivity contribution in [1.82, 2.24) is 5.32 Å². The fourth-order valence-corrected chi connectivity index (χ4v) is 8.01. The van der Waals surface area contributed by atoms with E-state index in [-0.39, 0.29) is 11.5 Å². The fraction of sp³-hybridized carbons (Fsp3) is 0.694. The summed E-state index contributed by atoms with van der Waals surface area (Å²) in [5.41, 5.74) is 6.03. The third kappa shape index (κ3) is 18.6. The van der Waals surface area contributed by atoms with E-state index in [1.54, 1.807) is 0 Å². The predicted molar refractivity (Wildman–Crippen MR) is 207 cm³/mol. The van der Waals surface area contributed by atoms with Gasteiger partial charge < -0.3 is 67.9 Å². The van der Waals surface area contributed by atoms with Crippen LogP contribution in [0.4, 0.5) is 0 Å². The number of nitrogens with two attached hydrogens (primary N) is 1. The number of amides is 1. The number of hydrogen-bond donors (Lipinski definition) is 2. The Morgan fingerprint density at radius 3 is 1.13 bits per heavy atom. The lowest BCUT2D eigenvalue weighted by atomic mass is 9.98. The van der Waals surface area contributed by atoms with Gasteiger partial charge in [-0.2, -0.15) is 0 Å². The Hall–Kier alpha value is -5.25. The molecule has 12 atom stereocenters. The van der Waals surface area contributed by atoms with Gasteiger partial charge in [0.1, 0.15) is 37.5 Å². The molecule has 0 aromatic carbocycles. The SMILES string of the molecule is CC(=O)NC(CSSCC(N)C(=O)OCC1OC(OC(C)=O)C(OC(C)=O)C(OC(C)=O)C1OC(C)=O)C(=O)OCC1OC(OC(C)=O)C(OC(C)=O)C(OC(C)=O)C1OC(C)=O. The monoisotopic (exact) mass is 942 g/mol. The molecule has 2 aliphatic rings. The maximum atomic E-state index is 13.3. The van der Waals surface area contributed by atoms with Crippen LogP contribution in [0.2, 0.25) is 0 Å². The lowest BCUT2D eigenvalue weighted by Gasteiger charge is -2.43. The largest absolute Gasteiger partial charge is 0.462 e. The van der Waals surface area contributed by atoms with Crippen molar-refractivity contribution in [2.24, 2.45) is 5.73 Å². The van der Waals surface area contributed by atoms with E-state index in [1.807, 2.05) is 0 Å². The first-order valence-corrected chi connectivity index (χ1v) is 21.2. The highest BCUT2D eigenvalue weighted by Gasteiger charge is 2.55. The van der Waals surface area contributed by atoms with Crippen LogP contribution >= 0.6 is 21.6 Å². The topological polar surface area (TPSA) is 337 Å². The van der Waals surface area contributed by atoms with Gasteiger partial charge in [0.15, 0.2) is 24.4 Å². The molecule has 2 saturated heterocycles. The minimum atomic E-state index is -1.72. The van der Waals surface area contributed by atoms with Crippen molar-refractivity contribution < 1.29 is 110 Å². The molecule has 354 valence electrons. The Kier molecular flexibility index (Phi) is 22.0. The molecule has 0 aliphatic carbocycles. The van der Waals surface area contributed by atoms with Crippen molar-refractivity contribution in [3.05, 3.63) is 0 Å². The van der Waals surface area contributed by atoms with E-state index in [4.69, 9.17) is 62.6 Å². The van der Waals surface area contributed by atoms with Gasteiger partial charge in [-0.15, -0.1) is 0 Å². The molecule has 63 heavy (non-hydrogen) atoms. The van der Waals surface area contributed by atoms with Crippen LogP contribution in [0.15, 0.2) is 0 Å². The number of rotatable bonds is 20. The number of carbonyl (C=O) groups excluding carboxylic acids is 11. The van der Waals surface area contributed by atoms with Crippen LogP contribution in [0, 0.1) is 0 Å². The highest BCUT2D eigenvalue weighted by atomic mass is 33.1. The average molecular weight is 943 g/mol. The van der Waals surface area contributed by atoms with Gasteiger partial charge in [-0.05, 0) is 0 Å². The molecule has 27 heteroatoms. The molecule has 0 bridgehead atoms. The maximum Gasteiger partial charge on any atom is 0.329 e. The van der Waals surface area contributed by atoms with Gasteiger partial charge in [0.25, 0.3) is 0 Å². The van der Waals surface area contributed by atoms with Gasteiger partial charge in [0.05, 0.1) is 0 Å². The zero-order valence-corrected chi connectivity index (χ0v) is 37.2. The second-order valence-corrected chi connectivity index (χ2v) is 16.0. The highest BCUT2D eigenvalue weighted by molar-refractivity contribution is 8.76. The second kappa shape index (κ2) is 25.8.